The lowest BCUT2D eigenvalue weighted by Gasteiger charge is -2.39. The number of aromatic amines is 2. The van der Waals surface area contributed by atoms with E-state index in [2.05, 4.69) is 20.2 Å². The third-order valence-corrected chi connectivity index (χ3v) is 12.4. The van der Waals surface area contributed by atoms with Gasteiger partial charge in [-0.05, 0) is 80.7 Å². The second-order valence-electron chi connectivity index (χ2n) is 15.6. The van der Waals surface area contributed by atoms with Crippen LogP contribution in [0, 0.1) is 0 Å². The molecule has 62 heavy (non-hydrogen) atoms. The SMILES string of the molecule is COc1cccc2cc(C(=O)Nc3ccc4[nH]c(C(=O)N5C[C@@H](CCl)c6c5cc(OC(=O)N5CCC(N7CCCCC7)CC5)c5[nH]c(C(F)(F)F)c(C(=O)O)c65)cc4c3)oc12.Cl. The number of likely N-dealkylation sites (tertiary alicyclic amines) is 2. The molecule has 2 saturated heterocycles. The van der Waals surface area contributed by atoms with E-state index in [0.29, 0.717) is 65.3 Å². The van der Waals surface area contributed by atoms with Gasteiger partial charge in [-0.1, -0.05) is 18.6 Å². The molecular weight excluding hydrogens is 856 g/mol. The largest absolute Gasteiger partial charge is 0.493 e. The van der Waals surface area contributed by atoms with Gasteiger partial charge in [0.25, 0.3) is 11.8 Å². The van der Waals surface area contributed by atoms with Crippen LogP contribution in [0.15, 0.2) is 59.0 Å². The molecule has 0 unspecified atom stereocenters. The van der Waals surface area contributed by atoms with E-state index in [9.17, 15) is 37.5 Å². The summed E-state index contributed by atoms with van der Waals surface area (Å²) < 4.78 is 60.4. The average Bonchev–Trinajstić information content (AvgIpc) is 4.06. The Morgan fingerprint density at radius 3 is 2.40 bits per heavy atom. The third kappa shape index (κ3) is 7.66. The molecule has 2 fully saturated rings. The number of fused-ring (bicyclic) bond motifs is 5. The van der Waals surface area contributed by atoms with Crippen LogP contribution in [0.5, 0.6) is 11.5 Å². The Bertz CT molecular complexity index is 2730. The average molecular weight is 898 g/mol. The van der Waals surface area contributed by atoms with Gasteiger partial charge in [0.05, 0.1) is 23.9 Å². The van der Waals surface area contributed by atoms with Crippen molar-refractivity contribution in [3.05, 3.63) is 82.9 Å². The number of hydrogen-bond donors (Lipinski definition) is 4. The molecule has 6 heterocycles. The number of carbonyl (C=O) groups is 4. The first-order valence-corrected chi connectivity index (χ1v) is 20.5. The number of furan rings is 1. The highest BCUT2D eigenvalue weighted by atomic mass is 35.5. The zero-order chi connectivity index (χ0) is 42.7. The molecule has 4 N–H and O–H groups in total. The maximum Gasteiger partial charge on any atom is 0.432 e. The van der Waals surface area contributed by atoms with Crippen LogP contribution in [0.4, 0.5) is 29.3 Å². The van der Waals surface area contributed by atoms with Crippen molar-refractivity contribution in [2.75, 3.05) is 55.9 Å². The topological polar surface area (TPSA) is 173 Å². The van der Waals surface area contributed by atoms with Gasteiger partial charge < -0.3 is 49.0 Å². The van der Waals surface area contributed by atoms with Crippen molar-refractivity contribution in [1.82, 2.24) is 19.8 Å². The number of carbonyl (C=O) groups excluding carboxylic acids is 3. The smallest absolute Gasteiger partial charge is 0.432 e. The molecule has 19 heteroatoms. The van der Waals surface area contributed by atoms with Crippen LogP contribution in [0.25, 0.3) is 32.8 Å². The predicted molar refractivity (Wildman–Crippen MR) is 228 cm³/mol. The van der Waals surface area contributed by atoms with E-state index < -0.39 is 47.2 Å². The summed E-state index contributed by atoms with van der Waals surface area (Å²) >= 11 is 6.41. The van der Waals surface area contributed by atoms with Crippen molar-refractivity contribution < 1.29 is 51.3 Å². The number of para-hydroxylation sites is 1. The fourth-order valence-electron chi connectivity index (χ4n) is 9.06. The van der Waals surface area contributed by atoms with Gasteiger partial charge in [0.15, 0.2) is 22.8 Å². The highest BCUT2D eigenvalue weighted by Gasteiger charge is 2.44. The fourth-order valence-corrected chi connectivity index (χ4v) is 9.31. The lowest BCUT2D eigenvalue weighted by atomic mass is 9.95. The Hall–Kier alpha value is -5.91. The molecule has 0 bridgehead atoms. The number of hydrogen-bond acceptors (Lipinski definition) is 8. The van der Waals surface area contributed by atoms with E-state index >= 15 is 0 Å². The number of aromatic carboxylic acids is 1. The van der Waals surface area contributed by atoms with Crippen LogP contribution >= 0.6 is 24.0 Å². The monoisotopic (exact) mass is 896 g/mol. The van der Waals surface area contributed by atoms with Crippen molar-refractivity contribution in [3.63, 3.8) is 0 Å². The highest BCUT2D eigenvalue weighted by molar-refractivity contribution is 6.20. The van der Waals surface area contributed by atoms with Gasteiger partial charge in [-0.25, -0.2) is 9.59 Å². The van der Waals surface area contributed by atoms with Gasteiger partial charge in [-0.15, -0.1) is 24.0 Å². The molecule has 0 radical (unpaired) electrons. The van der Waals surface area contributed by atoms with Gasteiger partial charge in [-0.2, -0.15) is 13.2 Å². The second-order valence-corrected chi connectivity index (χ2v) is 15.9. The summed E-state index contributed by atoms with van der Waals surface area (Å²) in [5, 5.41) is 13.9. The first-order chi connectivity index (χ1) is 29.3. The number of nitrogens with zero attached hydrogens (tertiary/aromatic N) is 3. The third-order valence-electron chi connectivity index (χ3n) is 12.0. The van der Waals surface area contributed by atoms with Crippen molar-refractivity contribution >= 4 is 92.0 Å². The molecule has 0 saturated carbocycles. The molecule has 9 rings (SSSR count). The number of piperidine rings is 2. The van der Waals surface area contributed by atoms with Crippen LogP contribution < -0.4 is 19.7 Å². The van der Waals surface area contributed by atoms with Gasteiger partial charge >= 0.3 is 18.2 Å². The van der Waals surface area contributed by atoms with Crippen LogP contribution in [-0.2, 0) is 6.18 Å². The molecule has 6 aromatic rings. The number of rotatable bonds is 8. The summed E-state index contributed by atoms with van der Waals surface area (Å²) in [5.74, 6) is -3.78. The number of alkyl halides is 4. The van der Waals surface area contributed by atoms with Crippen LogP contribution in [-0.4, -0.2) is 101 Å². The number of carboxylic acid groups (broad SMARTS) is 1. The molecular formula is C43H41Cl2F3N6O8. The molecule has 3 aliphatic heterocycles. The minimum atomic E-state index is -5.12. The molecule has 3 aromatic heterocycles. The Labute approximate surface area is 362 Å². The zero-order valence-corrected chi connectivity index (χ0v) is 34.8. The Kier molecular flexibility index (Phi) is 11.6. The van der Waals surface area contributed by atoms with Crippen LogP contribution in [0.3, 0.4) is 0 Å². The molecule has 3 amide bonds. The van der Waals surface area contributed by atoms with Crippen molar-refractivity contribution in [3.8, 4) is 11.5 Å². The summed E-state index contributed by atoms with van der Waals surface area (Å²) in [6.07, 6.45) is -1.08. The maximum atomic E-state index is 14.5. The van der Waals surface area contributed by atoms with Gasteiger partial charge in [0.2, 0.25) is 0 Å². The van der Waals surface area contributed by atoms with Crippen molar-refractivity contribution in [2.24, 2.45) is 0 Å². The van der Waals surface area contributed by atoms with Crippen molar-refractivity contribution in [2.45, 2.75) is 50.2 Å². The number of ether oxygens (including phenoxy) is 2. The number of anilines is 2. The summed E-state index contributed by atoms with van der Waals surface area (Å²) in [6, 6.07) is 15.0. The molecule has 3 aliphatic rings. The minimum absolute atomic E-state index is 0. The quantitative estimate of drug-likeness (QED) is 0.109. The number of amides is 3. The van der Waals surface area contributed by atoms with Crippen LogP contribution in [0.2, 0.25) is 0 Å². The highest BCUT2D eigenvalue weighted by Crippen LogP contribution is 2.50. The number of carboxylic acids is 1. The predicted octanol–water partition coefficient (Wildman–Crippen LogP) is 9.23. The first-order valence-electron chi connectivity index (χ1n) is 19.9. The fraction of sp³-hybridized carbons (Fsp3) is 0.349. The van der Waals surface area contributed by atoms with E-state index in [4.69, 9.17) is 25.5 Å². The molecule has 1 atom stereocenters. The summed E-state index contributed by atoms with van der Waals surface area (Å²) in [6.45, 7) is 2.62. The van der Waals surface area contributed by atoms with E-state index in [0.717, 1.165) is 25.9 Å². The van der Waals surface area contributed by atoms with E-state index in [1.165, 1.54) is 29.4 Å². The Morgan fingerprint density at radius 1 is 0.952 bits per heavy atom. The van der Waals surface area contributed by atoms with E-state index in [1.807, 2.05) is 0 Å². The summed E-state index contributed by atoms with van der Waals surface area (Å²) in [7, 11) is 1.50. The number of halogens is 5. The number of H-pyrrole nitrogens is 2. The summed E-state index contributed by atoms with van der Waals surface area (Å²) in [5.41, 5.74) is -1.33. The lowest BCUT2D eigenvalue weighted by molar-refractivity contribution is -0.141. The minimum Gasteiger partial charge on any atom is -0.493 e. The van der Waals surface area contributed by atoms with Crippen LogP contribution in [0.1, 0.15) is 80.7 Å². The molecule has 326 valence electrons. The molecule has 3 aromatic carbocycles. The zero-order valence-electron chi connectivity index (χ0n) is 33.2. The molecule has 14 nitrogen and oxygen atoms in total. The Balaban J connectivity index is 0.00000529. The number of methoxy groups -OCH3 is 1. The standard InChI is InChI=1S/C43H40ClF3N6O8.ClH/c1-59-30-7-5-6-22-18-32(60-37(22)30)39(54)48-25-8-9-27-23(16-25)17-28(49-27)40(55)53-21-24(20-44)33-29(53)19-31(36-34(33)35(41(56)57)38(50-36)43(45,46)47)61-42(58)52-14-10-26(11-15-52)51-12-3-2-4-13-51;/h5-9,16-19,24,26,49-50H,2-4,10-15,20-21H2,1H3,(H,48,54)(H,56,57);1H/t24-;/m1./s1. The van der Waals surface area contributed by atoms with E-state index in [1.54, 1.807) is 48.5 Å². The van der Waals surface area contributed by atoms with Crippen molar-refractivity contribution in [1.29, 1.82) is 0 Å². The maximum absolute atomic E-state index is 14.5. The Morgan fingerprint density at radius 2 is 1.71 bits per heavy atom. The molecule has 0 spiro atoms. The van der Waals surface area contributed by atoms with E-state index in [-0.39, 0.29) is 64.2 Å². The number of nitrogens with one attached hydrogen (secondary N) is 3. The normalized spacial score (nSPS) is 17.3. The van der Waals surface area contributed by atoms with Gasteiger partial charge in [0.1, 0.15) is 11.4 Å². The first kappa shape index (κ1) is 42.8. The molecule has 0 aliphatic carbocycles. The lowest BCUT2D eigenvalue weighted by Crippen LogP contribution is -2.48. The number of benzene rings is 3. The number of aromatic nitrogens is 2. The summed E-state index contributed by atoms with van der Waals surface area (Å²) in [4.78, 5) is 64.5. The second kappa shape index (κ2) is 16.8. The van der Waals surface area contributed by atoms with Gasteiger partial charge in [-0.3, -0.25) is 9.59 Å². The van der Waals surface area contributed by atoms with Gasteiger partial charge in [0, 0.05) is 70.9 Å².